The van der Waals surface area contributed by atoms with E-state index in [0.29, 0.717) is 17.0 Å². The number of para-hydroxylation sites is 1. The van der Waals surface area contributed by atoms with E-state index >= 15 is 0 Å². The lowest BCUT2D eigenvalue weighted by Gasteiger charge is -2.13. The first-order valence-corrected chi connectivity index (χ1v) is 9.06. The normalized spacial score (nSPS) is 11.5. The zero-order valence-corrected chi connectivity index (χ0v) is 14.8. The molecule has 0 atom stereocenters. The molecule has 0 aliphatic carbocycles. The minimum atomic E-state index is -3.94. The summed E-state index contributed by atoms with van der Waals surface area (Å²) >= 11 is 12.1. The van der Waals surface area contributed by atoms with Crippen molar-refractivity contribution in [1.82, 2.24) is 4.98 Å². The number of fused-ring (bicyclic) bond motifs is 1. The van der Waals surface area contributed by atoms with Gasteiger partial charge in [-0.25, -0.2) is 8.42 Å². The van der Waals surface area contributed by atoms with Gasteiger partial charge in [-0.15, -0.1) is 0 Å². The van der Waals surface area contributed by atoms with Crippen LogP contribution < -0.4 is 9.46 Å². The zero-order chi connectivity index (χ0) is 17.3. The number of anilines is 1. The van der Waals surface area contributed by atoms with Crippen LogP contribution >= 0.6 is 23.2 Å². The van der Waals surface area contributed by atoms with E-state index in [1.54, 1.807) is 24.4 Å². The molecule has 0 radical (unpaired) electrons. The molecule has 0 amide bonds. The minimum absolute atomic E-state index is 0.0111. The Morgan fingerprint density at radius 1 is 1.08 bits per heavy atom. The maximum Gasteiger partial charge on any atom is 0.263 e. The third-order valence-corrected chi connectivity index (χ3v) is 5.50. The van der Waals surface area contributed by atoms with Crippen molar-refractivity contribution in [2.45, 2.75) is 4.90 Å². The van der Waals surface area contributed by atoms with E-state index in [9.17, 15) is 8.42 Å². The molecule has 5 nitrogen and oxygen atoms in total. The number of hydrogen-bond acceptors (Lipinski definition) is 4. The van der Waals surface area contributed by atoms with E-state index in [2.05, 4.69) is 9.71 Å². The minimum Gasteiger partial charge on any atom is -0.495 e. The third-order valence-electron chi connectivity index (χ3n) is 3.37. The van der Waals surface area contributed by atoms with Gasteiger partial charge in [0, 0.05) is 17.6 Å². The Labute approximate surface area is 149 Å². The second kappa shape index (κ2) is 6.47. The molecule has 2 aromatic carbocycles. The van der Waals surface area contributed by atoms with E-state index in [1.807, 2.05) is 12.1 Å². The van der Waals surface area contributed by atoms with Crippen LogP contribution in [0.3, 0.4) is 0 Å². The third kappa shape index (κ3) is 3.13. The first kappa shape index (κ1) is 16.8. The molecule has 0 aliphatic rings. The Morgan fingerprint density at radius 3 is 2.58 bits per heavy atom. The predicted octanol–water partition coefficient (Wildman–Crippen LogP) is 4.35. The summed E-state index contributed by atoms with van der Waals surface area (Å²) in [5.74, 6) is 0.299. The van der Waals surface area contributed by atoms with Crippen molar-refractivity contribution in [1.29, 1.82) is 0 Å². The van der Waals surface area contributed by atoms with Crippen LogP contribution in [0.15, 0.2) is 53.6 Å². The molecule has 0 spiro atoms. The smallest absolute Gasteiger partial charge is 0.263 e. The highest BCUT2D eigenvalue weighted by atomic mass is 35.5. The number of nitrogens with zero attached hydrogens (tertiary/aromatic N) is 1. The molecule has 1 aromatic heterocycles. The Balaban J connectivity index is 2.07. The standard InChI is InChI=1S/C16H12Cl2N2O3S/c1-23-14-8-12(18)15(9-11(14)17)24(21,22)20-13-6-2-4-10-5-3-7-19-16(10)13/h2-9,20H,1H3. The van der Waals surface area contributed by atoms with Gasteiger partial charge in [0.05, 0.1) is 28.4 Å². The first-order valence-electron chi connectivity index (χ1n) is 6.82. The van der Waals surface area contributed by atoms with Gasteiger partial charge >= 0.3 is 0 Å². The van der Waals surface area contributed by atoms with Crippen LogP contribution in [-0.4, -0.2) is 20.5 Å². The topological polar surface area (TPSA) is 68.3 Å². The van der Waals surface area contributed by atoms with Crippen molar-refractivity contribution >= 4 is 49.8 Å². The summed E-state index contributed by atoms with van der Waals surface area (Å²) in [7, 11) is -2.52. The van der Waals surface area contributed by atoms with Crippen molar-refractivity contribution in [3.63, 3.8) is 0 Å². The Kier molecular flexibility index (Phi) is 4.54. The van der Waals surface area contributed by atoms with E-state index in [-0.39, 0.29) is 14.9 Å². The second-order valence-corrected chi connectivity index (χ2v) is 7.37. The quantitative estimate of drug-likeness (QED) is 0.727. The van der Waals surface area contributed by atoms with E-state index in [1.165, 1.54) is 19.2 Å². The van der Waals surface area contributed by atoms with Crippen molar-refractivity contribution in [3.8, 4) is 5.75 Å². The maximum atomic E-state index is 12.7. The Bertz CT molecular complexity index is 1020. The number of ether oxygens (including phenoxy) is 1. The molecule has 0 unspecified atom stereocenters. The van der Waals surface area contributed by atoms with Gasteiger partial charge in [-0.05, 0) is 18.2 Å². The zero-order valence-electron chi connectivity index (χ0n) is 12.5. The maximum absolute atomic E-state index is 12.7. The van der Waals surface area contributed by atoms with Crippen LogP contribution in [0.2, 0.25) is 10.0 Å². The lowest BCUT2D eigenvalue weighted by atomic mass is 10.2. The largest absolute Gasteiger partial charge is 0.495 e. The van der Waals surface area contributed by atoms with E-state index in [4.69, 9.17) is 27.9 Å². The predicted molar refractivity (Wildman–Crippen MR) is 95.6 cm³/mol. The van der Waals surface area contributed by atoms with Crippen LogP contribution in [0.5, 0.6) is 5.75 Å². The van der Waals surface area contributed by atoms with Crippen molar-refractivity contribution in [3.05, 3.63) is 58.7 Å². The average molecular weight is 383 g/mol. The number of rotatable bonds is 4. The van der Waals surface area contributed by atoms with Gasteiger partial charge in [-0.1, -0.05) is 41.4 Å². The van der Waals surface area contributed by atoms with Crippen LogP contribution in [0.1, 0.15) is 0 Å². The van der Waals surface area contributed by atoms with Gasteiger partial charge in [-0.2, -0.15) is 0 Å². The molecule has 0 saturated carbocycles. The molecular formula is C16H12Cl2N2O3S. The molecule has 1 heterocycles. The Hall–Kier alpha value is -2.02. The van der Waals surface area contributed by atoms with E-state index < -0.39 is 10.0 Å². The first-order chi connectivity index (χ1) is 11.4. The highest BCUT2D eigenvalue weighted by Crippen LogP contribution is 2.34. The lowest BCUT2D eigenvalue weighted by Crippen LogP contribution is -2.14. The monoisotopic (exact) mass is 382 g/mol. The molecule has 0 saturated heterocycles. The van der Waals surface area contributed by atoms with Crippen LogP contribution in [0.25, 0.3) is 10.9 Å². The summed E-state index contributed by atoms with van der Waals surface area (Å²) in [4.78, 5) is 4.08. The van der Waals surface area contributed by atoms with Gasteiger partial charge in [0.15, 0.2) is 0 Å². The lowest BCUT2D eigenvalue weighted by molar-refractivity contribution is 0.414. The molecule has 1 N–H and O–H groups in total. The van der Waals surface area contributed by atoms with Crippen LogP contribution in [-0.2, 0) is 10.0 Å². The van der Waals surface area contributed by atoms with Crippen molar-refractivity contribution in [2.24, 2.45) is 0 Å². The summed E-state index contributed by atoms with van der Waals surface area (Å²) in [6, 6.07) is 11.5. The fraction of sp³-hybridized carbons (Fsp3) is 0.0625. The summed E-state index contributed by atoms with van der Waals surface area (Å²) in [6.45, 7) is 0. The summed E-state index contributed by atoms with van der Waals surface area (Å²) in [6.07, 6.45) is 1.59. The molecule has 3 aromatic rings. The number of aromatic nitrogens is 1. The van der Waals surface area contributed by atoms with Gasteiger partial charge in [0.25, 0.3) is 10.0 Å². The molecule has 24 heavy (non-hydrogen) atoms. The van der Waals surface area contributed by atoms with Crippen LogP contribution in [0, 0.1) is 0 Å². The summed E-state index contributed by atoms with van der Waals surface area (Å²) in [5, 5.41) is 0.979. The summed E-state index contributed by atoms with van der Waals surface area (Å²) < 4.78 is 32.9. The van der Waals surface area contributed by atoms with Gasteiger partial charge in [-0.3, -0.25) is 9.71 Å². The number of pyridine rings is 1. The molecule has 3 rings (SSSR count). The van der Waals surface area contributed by atoms with Crippen molar-refractivity contribution < 1.29 is 13.2 Å². The second-order valence-electron chi connectivity index (χ2n) is 4.90. The molecule has 8 heteroatoms. The number of nitrogens with one attached hydrogen (secondary N) is 1. The highest BCUT2D eigenvalue weighted by molar-refractivity contribution is 7.92. The average Bonchev–Trinajstić information content (AvgIpc) is 2.56. The Morgan fingerprint density at radius 2 is 1.83 bits per heavy atom. The number of sulfonamides is 1. The molecule has 124 valence electrons. The number of hydrogen-bond donors (Lipinski definition) is 1. The fourth-order valence-corrected chi connectivity index (χ4v) is 4.18. The van der Waals surface area contributed by atoms with Gasteiger partial charge in [0.1, 0.15) is 10.6 Å². The number of halogens is 2. The molecule has 0 aliphatic heterocycles. The molecule has 0 bridgehead atoms. The molecular weight excluding hydrogens is 371 g/mol. The highest BCUT2D eigenvalue weighted by Gasteiger charge is 2.21. The SMILES string of the molecule is COc1cc(Cl)c(S(=O)(=O)Nc2cccc3cccnc23)cc1Cl. The number of methoxy groups -OCH3 is 1. The summed E-state index contributed by atoms with van der Waals surface area (Å²) in [5.41, 5.74) is 0.899. The fourth-order valence-electron chi connectivity index (χ4n) is 2.26. The van der Waals surface area contributed by atoms with Crippen LogP contribution in [0.4, 0.5) is 5.69 Å². The number of benzene rings is 2. The van der Waals surface area contributed by atoms with Gasteiger partial charge in [0.2, 0.25) is 0 Å². The van der Waals surface area contributed by atoms with Crippen molar-refractivity contribution in [2.75, 3.05) is 11.8 Å². The van der Waals surface area contributed by atoms with Gasteiger partial charge < -0.3 is 4.74 Å². The van der Waals surface area contributed by atoms with E-state index in [0.717, 1.165) is 5.39 Å². The molecule has 0 fully saturated rings.